The Bertz CT molecular complexity index is 867. The Balaban J connectivity index is 1.99. The highest BCUT2D eigenvalue weighted by atomic mass is 35.5. The smallest absolute Gasteiger partial charge is 0.341 e. The summed E-state index contributed by atoms with van der Waals surface area (Å²) in [6.45, 7) is -0.551. The van der Waals surface area contributed by atoms with E-state index >= 15 is 0 Å². The van der Waals surface area contributed by atoms with Crippen LogP contribution in [-0.4, -0.2) is 44.0 Å². The maximum absolute atomic E-state index is 12.0. The minimum atomic E-state index is -1.14. The molecule has 0 spiro atoms. The van der Waals surface area contributed by atoms with Gasteiger partial charge >= 0.3 is 5.97 Å². The number of nitrogens with zero attached hydrogens (tertiary/aromatic N) is 1. The zero-order chi connectivity index (χ0) is 20.5. The molecule has 2 aromatic rings. The van der Waals surface area contributed by atoms with E-state index in [4.69, 9.17) is 30.9 Å². The predicted molar refractivity (Wildman–Crippen MR) is 104 cm³/mol. The predicted octanol–water partition coefficient (Wildman–Crippen LogP) is 2.51. The summed E-state index contributed by atoms with van der Waals surface area (Å²) in [6.07, 6.45) is 1.55. The number of carboxylic acid groups (broad SMARTS) is 1. The van der Waals surface area contributed by atoms with Crippen molar-refractivity contribution in [3.05, 3.63) is 52.5 Å². The number of methoxy groups -OCH3 is 2. The second-order valence-corrected chi connectivity index (χ2v) is 5.94. The molecule has 0 atom stereocenters. The first-order valence-electron chi connectivity index (χ1n) is 8.10. The number of nitrogens with one attached hydrogen (secondary N) is 1. The summed E-state index contributed by atoms with van der Waals surface area (Å²) in [4.78, 5) is 22.6. The fraction of sp³-hybridized carbons (Fsp3) is 0.211. The lowest BCUT2D eigenvalue weighted by molar-refractivity contribution is -0.139. The average molecular weight is 407 g/mol. The summed E-state index contributed by atoms with van der Waals surface area (Å²) in [7, 11) is 2.97. The molecule has 0 saturated carbocycles. The number of hydrogen-bond acceptors (Lipinski definition) is 6. The zero-order valence-corrected chi connectivity index (χ0v) is 16.0. The third-order valence-corrected chi connectivity index (χ3v) is 3.80. The molecule has 0 aliphatic heterocycles. The van der Waals surface area contributed by atoms with Crippen molar-refractivity contribution in [2.45, 2.75) is 6.42 Å². The summed E-state index contributed by atoms with van der Waals surface area (Å²) in [5.41, 5.74) is 3.78. The Morgan fingerprint density at radius 2 is 1.89 bits per heavy atom. The Hall–Kier alpha value is -3.26. The molecule has 0 bridgehead atoms. The topological polar surface area (TPSA) is 106 Å². The maximum Gasteiger partial charge on any atom is 0.341 e. The number of rotatable bonds is 9. The molecule has 0 unspecified atom stereocenters. The summed E-state index contributed by atoms with van der Waals surface area (Å²) >= 11 is 6.11. The van der Waals surface area contributed by atoms with E-state index in [-0.39, 0.29) is 28.8 Å². The van der Waals surface area contributed by atoms with E-state index in [1.54, 1.807) is 37.4 Å². The van der Waals surface area contributed by atoms with Crippen LogP contribution in [0.25, 0.3) is 0 Å². The van der Waals surface area contributed by atoms with Crippen LogP contribution in [0.5, 0.6) is 17.2 Å². The maximum atomic E-state index is 12.0. The number of halogens is 1. The number of carboxylic acids is 1. The van der Waals surface area contributed by atoms with Crippen molar-refractivity contribution in [3.8, 4) is 17.2 Å². The third kappa shape index (κ3) is 6.17. The Labute approximate surface area is 166 Å². The lowest BCUT2D eigenvalue weighted by atomic mass is 10.1. The molecule has 2 aromatic carbocycles. The fourth-order valence-corrected chi connectivity index (χ4v) is 2.51. The van der Waals surface area contributed by atoms with Crippen LogP contribution in [0.15, 0.2) is 41.5 Å². The van der Waals surface area contributed by atoms with E-state index < -0.39 is 12.6 Å². The molecule has 0 aliphatic carbocycles. The van der Waals surface area contributed by atoms with E-state index in [1.165, 1.54) is 19.4 Å². The van der Waals surface area contributed by atoms with E-state index in [9.17, 15) is 9.59 Å². The molecule has 0 aliphatic rings. The summed E-state index contributed by atoms with van der Waals surface area (Å²) in [5.74, 6) is -0.347. The lowest BCUT2D eigenvalue weighted by Crippen LogP contribution is -2.19. The van der Waals surface area contributed by atoms with Gasteiger partial charge in [-0.15, -0.1) is 0 Å². The van der Waals surface area contributed by atoms with E-state index in [2.05, 4.69) is 10.5 Å². The minimum Gasteiger partial charge on any atom is -0.497 e. The van der Waals surface area contributed by atoms with Gasteiger partial charge in [0.25, 0.3) is 0 Å². The monoisotopic (exact) mass is 406 g/mol. The van der Waals surface area contributed by atoms with Crippen LogP contribution in [0.2, 0.25) is 5.02 Å². The number of ether oxygens (including phenoxy) is 3. The van der Waals surface area contributed by atoms with Crippen molar-refractivity contribution in [2.75, 3.05) is 20.8 Å². The minimum absolute atomic E-state index is 0.118. The van der Waals surface area contributed by atoms with Gasteiger partial charge in [0.2, 0.25) is 5.91 Å². The number of hydrazone groups is 1. The second-order valence-electron chi connectivity index (χ2n) is 5.53. The molecular weight excluding hydrogens is 388 g/mol. The van der Waals surface area contributed by atoms with Crippen molar-refractivity contribution in [3.63, 3.8) is 0 Å². The van der Waals surface area contributed by atoms with Crippen LogP contribution in [0, 0.1) is 0 Å². The highest BCUT2D eigenvalue weighted by Crippen LogP contribution is 2.36. The van der Waals surface area contributed by atoms with Gasteiger partial charge < -0.3 is 19.3 Å². The molecule has 2 rings (SSSR count). The Morgan fingerprint density at radius 1 is 1.18 bits per heavy atom. The molecule has 0 heterocycles. The molecule has 28 heavy (non-hydrogen) atoms. The summed E-state index contributed by atoms with van der Waals surface area (Å²) < 4.78 is 15.4. The number of carbonyl (C=O) groups is 2. The second kappa shape index (κ2) is 10.2. The Morgan fingerprint density at radius 3 is 2.50 bits per heavy atom. The van der Waals surface area contributed by atoms with Gasteiger partial charge in [0.15, 0.2) is 18.1 Å². The molecule has 2 N–H and O–H groups in total. The lowest BCUT2D eigenvalue weighted by Gasteiger charge is -2.11. The van der Waals surface area contributed by atoms with Gasteiger partial charge in [-0.05, 0) is 35.4 Å². The number of carbonyl (C=O) groups excluding carboxylic acids is 1. The van der Waals surface area contributed by atoms with Crippen molar-refractivity contribution >= 4 is 29.7 Å². The molecule has 148 valence electrons. The molecule has 0 saturated heterocycles. The highest BCUT2D eigenvalue weighted by molar-refractivity contribution is 6.32. The SMILES string of the molecule is COc1ccc(CC(=O)N/N=C/c2cc(Cl)c(OCC(=O)O)c(OC)c2)cc1. The number of benzene rings is 2. The van der Waals surface area contributed by atoms with Gasteiger partial charge in [-0.2, -0.15) is 5.10 Å². The summed E-state index contributed by atoms with van der Waals surface area (Å²) in [6, 6.07) is 10.2. The van der Waals surface area contributed by atoms with Crippen molar-refractivity contribution < 1.29 is 28.9 Å². The van der Waals surface area contributed by atoms with Gasteiger partial charge in [0, 0.05) is 0 Å². The molecule has 1 amide bonds. The Kier molecular flexibility index (Phi) is 7.65. The van der Waals surface area contributed by atoms with Crippen LogP contribution < -0.4 is 19.6 Å². The first kappa shape index (κ1) is 21.0. The molecule has 0 fully saturated rings. The first-order chi connectivity index (χ1) is 13.4. The van der Waals surface area contributed by atoms with Crippen molar-refractivity contribution in [1.82, 2.24) is 5.43 Å². The normalized spacial score (nSPS) is 10.5. The van der Waals surface area contributed by atoms with Gasteiger partial charge in [0.05, 0.1) is 31.9 Å². The standard InChI is InChI=1S/C19H19ClN2O6/c1-26-14-5-3-12(4-6-14)9-17(23)22-21-10-13-7-15(20)19(16(8-13)27-2)28-11-18(24)25/h3-8,10H,9,11H2,1-2H3,(H,22,23)(H,24,25)/b21-10+. The van der Waals surface area contributed by atoms with Gasteiger partial charge in [0.1, 0.15) is 5.75 Å². The molecular formula is C19H19ClN2O6. The van der Waals surface area contributed by atoms with Gasteiger partial charge in [-0.25, -0.2) is 10.2 Å². The number of amides is 1. The van der Waals surface area contributed by atoms with Crippen molar-refractivity contribution in [1.29, 1.82) is 0 Å². The molecule has 8 nitrogen and oxygen atoms in total. The molecule has 9 heteroatoms. The zero-order valence-electron chi connectivity index (χ0n) is 15.3. The number of aliphatic carboxylic acids is 1. The van der Waals surface area contributed by atoms with E-state index in [0.29, 0.717) is 11.3 Å². The number of hydrogen-bond donors (Lipinski definition) is 2. The van der Waals surface area contributed by atoms with Crippen LogP contribution >= 0.6 is 11.6 Å². The highest BCUT2D eigenvalue weighted by Gasteiger charge is 2.13. The molecule has 0 aromatic heterocycles. The van der Waals surface area contributed by atoms with Crippen LogP contribution in [0.4, 0.5) is 0 Å². The van der Waals surface area contributed by atoms with Crippen LogP contribution in [0.1, 0.15) is 11.1 Å². The summed E-state index contributed by atoms with van der Waals surface area (Å²) in [5, 5.41) is 12.8. The van der Waals surface area contributed by atoms with E-state index in [1.807, 2.05) is 0 Å². The first-order valence-corrected chi connectivity index (χ1v) is 8.47. The molecule has 0 radical (unpaired) electrons. The largest absolute Gasteiger partial charge is 0.497 e. The van der Waals surface area contributed by atoms with E-state index in [0.717, 1.165) is 5.56 Å². The van der Waals surface area contributed by atoms with Crippen LogP contribution in [0.3, 0.4) is 0 Å². The van der Waals surface area contributed by atoms with Gasteiger partial charge in [-0.1, -0.05) is 23.7 Å². The average Bonchev–Trinajstić information content (AvgIpc) is 2.67. The van der Waals surface area contributed by atoms with Crippen molar-refractivity contribution in [2.24, 2.45) is 5.10 Å². The van der Waals surface area contributed by atoms with Gasteiger partial charge in [-0.3, -0.25) is 4.79 Å². The third-order valence-electron chi connectivity index (χ3n) is 3.52. The quantitative estimate of drug-likeness (QED) is 0.489. The van der Waals surface area contributed by atoms with Crippen LogP contribution in [-0.2, 0) is 16.0 Å². The fourth-order valence-electron chi connectivity index (χ4n) is 2.24.